The van der Waals surface area contributed by atoms with Crippen LogP contribution in [0.5, 0.6) is 0 Å². The molecule has 0 unspecified atom stereocenters. The maximum atomic E-state index is 13.2. The normalized spacial score (nSPS) is 12.0. The fourth-order valence-corrected chi connectivity index (χ4v) is 2.03. The van der Waals surface area contributed by atoms with Crippen LogP contribution in [0.25, 0.3) is 0 Å². The summed E-state index contributed by atoms with van der Waals surface area (Å²) in [4.78, 5) is 1.69. The summed E-state index contributed by atoms with van der Waals surface area (Å²) in [6, 6.07) is 4.54. The first-order valence-electron chi connectivity index (χ1n) is 6.81. The van der Waals surface area contributed by atoms with Gasteiger partial charge >= 0.3 is 6.18 Å². The lowest BCUT2D eigenvalue weighted by Gasteiger charge is -2.25. The SMILES string of the molecule is CNCc1ccc(N(C)CCC(C)C)c(C(F)(F)F)c1. The first kappa shape index (κ1) is 16.8. The monoisotopic (exact) mass is 288 g/mol. The lowest BCUT2D eigenvalue weighted by Crippen LogP contribution is -2.23. The van der Waals surface area contributed by atoms with Crippen LogP contribution < -0.4 is 10.2 Å². The molecular formula is C15H23F3N2. The fourth-order valence-electron chi connectivity index (χ4n) is 2.03. The molecule has 114 valence electrons. The molecule has 1 aromatic carbocycles. The molecular weight excluding hydrogens is 265 g/mol. The van der Waals surface area contributed by atoms with Crippen LogP contribution in [-0.2, 0) is 12.7 Å². The van der Waals surface area contributed by atoms with Gasteiger partial charge in [0.05, 0.1) is 5.56 Å². The molecule has 0 bridgehead atoms. The number of nitrogens with zero attached hydrogens (tertiary/aromatic N) is 1. The molecule has 1 rings (SSSR count). The Labute approximate surface area is 119 Å². The summed E-state index contributed by atoms with van der Waals surface area (Å²) in [5.74, 6) is 0.468. The molecule has 0 radical (unpaired) electrons. The Hall–Kier alpha value is -1.23. The van der Waals surface area contributed by atoms with Gasteiger partial charge in [-0.3, -0.25) is 0 Å². The third kappa shape index (κ3) is 4.71. The number of hydrogen-bond donors (Lipinski definition) is 1. The van der Waals surface area contributed by atoms with Crippen LogP contribution >= 0.6 is 0 Å². The highest BCUT2D eigenvalue weighted by Crippen LogP contribution is 2.37. The minimum absolute atomic E-state index is 0.248. The summed E-state index contributed by atoms with van der Waals surface area (Å²) >= 11 is 0. The molecule has 0 aromatic heterocycles. The number of alkyl halides is 3. The lowest BCUT2D eigenvalue weighted by molar-refractivity contribution is -0.137. The highest BCUT2D eigenvalue weighted by Gasteiger charge is 2.34. The lowest BCUT2D eigenvalue weighted by atomic mass is 10.1. The van der Waals surface area contributed by atoms with E-state index in [9.17, 15) is 13.2 Å². The van der Waals surface area contributed by atoms with Crippen LogP contribution in [0, 0.1) is 5.92 Å². The topological polar surface area (TPSA) is 15.3 Å². The van der Waals surface area contributed by atoms with Gasteiger partial charge in [-0.05, 0) is 37.1 Å². The molecule has 0 amide bonds. The molecule has 2 nitrogen and oxygen atoms in total. The van der Waals surface area contributed by atoms with Crippen molar-refractivity contribution in [1.82, 2.24) is 5.32 Å². The second-order valence-corrected chi connectivity index (χ2v) is 5.48. The Kier molecular flexibility index (Phi) is 5.87. The number of anilines is 1. The van der Waals surface area contributed by atoms with Crippen LogP contribution in [0.3, 0.4) is 0 Å². The van der Waals surface area contributed by atoms with Crippen molar-refractivity contribution in [2.24, 2.45) is 5.92 Å². The van der Waals surface area contributed by atoms with E-state index in [0.717, 1.165) is 6.42 Å². The molecule has 0 aliphatic heterocycles. The van der Waals surface area contributed by atoms with E-state index in [-0.39, 0.29) is 5.69 Å². The zero-order chi connectivity index (χ0) is 15.3. The highest BCUT2D eigenvalue weighted by atomic mass is 19.4. The number of rotatable bonds is 6. The van der Waals surface area contributed by atoms with E-state index in [1.54, 1.807) is 31.1 Å². The van der Waals surface area contributed by atoms with Crippen LogP contribution in [0.4, 0.5) is 18.9 Å². The summed E-state index contributed by atoms with van der Waals surface area (Å²) in [5.41, 5.74) is 0.329. The standard InChI is InChI=1S/C15H23F3N2/c1-11(2)7-8-20(4)14-6-5-12(10-19-3)9-13(14)15(16,17)18/h5-6,9,11,19H,7-8,10H2,1-4H3. The zero-order valence-electron chi connectivity index (χ0n) is 12.5. The Morgan fingerprint density at radius 2 is 1.90 bits per heavy atom. The van der Waals surface area contributed by atoms with Crippen molar-refractivity contribution in [1.29, 1.82) is 0 Å². The molecule has 0 heterocycles. The zero-order valence-corrected chi connectivity index (χ0v) is 12.5. The van der Waals surface area contributed by atoms with Gasteiger partial charge in [-0.1, -0.05) is 19.9 Å². The Balaban J connectivity index is 3.05. The molecule has 0 saturated heterocycles. The van der Waals surface area contributed by atoms with Crippen LogP contribution in [0.15, 0.2) is 18.2 Å². The van der Waals surface area contributed by atoms with Gasteiger partial charge < -0.3 is 10.2 Å². The van der Waals surface area contributed by atoms with E-state index in [4.69, 9.17) is 0 Å². The molecule has 0 aliphatic carbocycles. The van der Waals surface area contributed by atoms with Crippen molar-refractivity contribution < 1.29 is 13.2 Å². The van der Waals surface area contributed by atoms with E-state index >= 15 is 0 Å². The highest BCUT2D eigenvalue weighted by molar-refractivity contribution is 5.56. The number of benzene rings is 1. The number of halogens is 3. The summed E-state index contributed by atoms with van der Waals surface area (Å²) in [5, 5.41) is 2.87. The average Bonchev–Trinajstić information content (AvgIpc) is 2.35. The second kappa shape index (κ2) is 6.97. The number of hydrogen-bond acceptors (Lipinski definition) is 2. The van der Waals surface area contributed by atoms with Crippen LogP contribution in [0.1, 0.15) is 31.4 Å². The summed E-state index contributed by atoms with van der Waals surface area (Å²) < 4.78 is 39.5. The van der Waals surface area contributed by atoms with Crippen LogP contribution in [-0.4, -0.2) is 20.6 Å². The second-order valence-electron chi connectivity index (χ2n) is 5.48. The van der Waals surface area contributed by atoms with Gasteiger partial charge in [-0.25, -0.2) is 0 Å². The number of nitrogens with one attached hydrogen (secondary N) is 1. The molecule has 0 saturated carbocycles. The fraction of sp³-hybridized carbons (Fsp3) is 0.600. The summed E-state index contributed by atoms with van der Waals surface area (Å²) in [7, 11) is 3.43. The van der Waals surface area contributed by atoms with Gasteiger partial charge in [0.15, 0.2) is 0 Å². The molecule has 1 aromatic rings. The third-order valence-corrected chi connectivity index (χ3v) is 3.20. The first-order chi connectivity index (χ1) is 9.25. The van der Waals surface area contributed by atoms with Gasteiger partial charge in [0.2, 0.25) is 0 Å². The van der Waals surface area contributed by atoms with Crippen molar-refractivity contribution >= 4 is 5.69 Å². The van der Waals surface area contributed by atoms with E-state index < -0.39 is 11.7 Å². The van der Waals surface area contributed by atoms with Crippen molar-refractivity contribution in [3.63, 3.8) is 0 Å². The van der Waals surface area contributed by atoms with E-state index in [1.807, 2.05) is 0 Å². The largest absolute Gasteiger partial charge is 0.418 e. The Bertz CT molecular complexity index is 428. The molecule has 20 heavy (non-hydrogen) atoms. The van der Waals surface area contributed by atoms with Crippen LogP contribution in [0.2, 0.25) is 0 Å². The van der Waals surface area contributed by atoms with Gasteiger partial charge in [0, 0.05) is 25.8 Å². The van der Waals surface area contributed by atoms with Gasteiger partial charge in [0.25, 0.3) is 0 Å². The van der Waals surface area contributed by atoms with Gasteiger partial charge in [-0.15, -0.1) is 0 Å². The maximum Gasteiger partial charge on any atom is 0.418 e. The molecule has 0 aliphatic rings. The minimum atomic E-state index is -4.33. The van der Waals surface area contributed by atoms with Gasteiger partial charge in [-0.2, -0.15) is 13.2 Å². The third-order valence-electron chi connectivity index (χ3n) is 3.20. The molecule has 1 N–H and O–H groups in total. The summed E-state index contributed by atoms with van der Waals surface area (Å²) in [6.07, 6.45) is -3.46. The Morgan fingerprint density at radius 1 is 1.25 bits per heavy atom. The molecule has 5 heteroatoms. The summed E-state index contributed by atoms with van der Waals surface area (Å²) in [6.45, 7) is 5.17. The first-order valence-corrected chi connectivity index (χ1v) is 6.81. The molecule has 0 atom stereocenters. The van der Waals surface area contributed by atoms with E-state index in [0.29, 0.717) is 24.6 Å². The predicted octanol–water partition coefficient (Wildman–Crippen LogP) is 3.91. The molecule has 0 fully saturated rings. The van der Waals surface area contributed by atoms with Gasteiger partial charge in [0.1, 0.15) is 0 Å². The quantitative estimate of drug-likeness (QED) is 0.854. The maximum absolute atomic E-state index is 13.2. The predicted molar refractivity (Wildman–Crippen MR) is 76.9 cm³/mol. The molecule has 0 spiro atoms. The van der Waals surface area contributed by atoms with Crippen molar-refractivity contribution in [3.05, 3.63) is 29.3 Å². The van der Waals surface area contributed by atoms with E-state index in [1.165, 1.54) is 6.07 Å². The van der Waals surface area contributed by atoms with Crippen molar-refractivity contribution in [3.8, 4) is 0 Å². The van der Waals surface area contributed by atoms with Crippen molar-refractivity contribution in [2.75, 3.05) is 25.5 Å². The smallest absolute Gasteiger partial charge is 0.374 e. The Morgan fingerprint density at radius 3 is 2.40 bits per heavy atom. The van der Waals surface area contributed by atoms with E-state index in [2.05, 4.69) is 19.2 Å². The van der Waals surface area contributed by atoms with Crippen molar-refractivity contribution in [2.45, 2.75) is 33.0 Å². The average molecular weight is 288 g/mol. The minimum Gasteiger partial charge on any atom is -0.374 e.